The molecule has 4 heteroatoms. The zero-order valence-corrected chi connectivity index (χ0v) is 12.8. The van der Waals surface area contributed by atoms with Gasteiger partial charge in [0.15, 0.2) is 0 Å². The van der Waals surface area contributed by atoms with Gasteiger partial charge in [-0.3, -0.25) is 4.79 Å². The van der Waals surface area contributed by atoms with Gasteiger partial charge in [-0.05, 0) is 17.5 Å². The van der Waals surface area contributed by atoms with Gasteiger partial charge in [0, 0.05) is 18.1 Å². The third kappa shape index (κ3) is 3.82. The van der Waals surface area contributed by atoms with Crippen LogP contribution in [0.3, 0.4) is 0 Å². The van der Waals surface area contributed by atoms with E-state index in [0.717, 1.165) is 16.5 Å². The first kappa shape index (κ1) is 15.2. The van der Waals surface area contributed by atoms with Gasteiger partial charge in [0.25, 0.3) is 0 Å². The number of amides is 1. The summed E-state index contributed by atoms with van der Waals surface area (Å²) in [5.74, 6) is 0.208. The molecule has 0 heterocycles. The van der Waals surface area contributed by atoms with Crippen LogP contribution in [0.2, 0.25) is 0 Å². The molecule has 1 aromatic carbocycles. The normalized spacial score (nSPS) is 14.1. The van der Waals surface area contributed by atoms with Crippen molar-refractivity contribution in [3.05, 3.63) is 34.3 Å². The van der Waals surface area contributed by atoms with Crippen LogP contribution < -0.4 is 5.73 Å². The Kier molecular flexibility index (Phi) is 5.82. The number of likely N-dealkylation sites (N-methyl/N-ethyl adjacent to an activating group) is 1. The number of hydrogen-bond acceptors (Lipinski definition) is 2. The van der Waals surface area contributed by atoms with E-state index in [1.165, 1.54) is 0 Å². The van der Waals surface area contributed by atoms with Gasteiger partial charge in [-0.1, -0.05) is 54.4 Å². The van der Waals surface area contributed by atoms with Crippen molar-refractivity contribution in [1.82, 2.24) is 4.90 Å². The number of hydrogen-bond donors (Lipinski definition) is 1. The fourth-order valence-corrected chi connectivity index (χ4v) is 2.12. The Morgan fingerprint density at radius 2 is 2.06 bits per heavy atom. The number of rotatable bonds is 5. The molecule has 0 spiro atoms. The van der Waals surface area contributed by atoms with E-state index in [1.54, 1.807) is 11.9 Å². The smallest absolute Gasteiger partial charge is 0.239 e. The molecule has 0 saturated heterocycles. The number of benzene rings is 1. The lowest BCUT2D eigenvalue weighted by Gasteiger charge is -2.25. The highest BCUT2D eigenvalue weighted by molar-refractivity contribution is 9.10. The molecule has 18 heavy (non-hydrogen) atoms. The molecule has 1 aromatic rings. The third-order valence-corrected chi connectivity index (χ3v) is 4.06. The SMILES string of the molecule is CCC(C)[C@H](N)C(=O)N(C)Cc1ccccc1Br. The van der Waals surface area contributed by atoms with Gasteiger partial charge >= 0.3 is 0 Å². The Balaban J connectivity index is 2.68. The highest BCUT2D eigenvalue weighted by Crippen LogP contribution is 2.18. The van der Waals surface area contributed by atoms with E-state index in [2.05, 4.69) is 15.9 Å². The first-order chi connectivity index (χ1) is 8.47. The standard InChI is InChI=1S/C14H21BrN2O/c1-4-10(2)13(16)14(18)17(3)9-11-7-5-6-8-12(11)15/h5-8,10,13H,4,9,16H2,1-3H3/t10?,13-/m0/s1. The third-order valence-electron chi connectivity index (χ3n) is 3.28. The van der Waals surface area contributed by atoms with Gasteiger partial charge in [-0.15, -0.1) is 0 Å². The van der Waals surface area contributed by atoms with E-state index in [-0.39, 0.29) is 11.8 Å². The van der Waals surface area contributed by atoms with E-state index >= 15 is 0 Å². The molecule has 0 aliphatic rings. The van der Waals surface area contributed by atoms with Crippen molar-refractivity contribution in [2.45, 2.75) is 32.9 Å². The van der Waals surface area contributed by atoms with Gasteiger partial charge in [-0.25, -0.2) is 0 Å². The van der Waals surface area contributed by atoms with E-state index in [9.17, 15) is 4.79 Å². The zero-order chi connectivity index (χ0) is 13.7. The van der Waals surface area contributed by atoms with Gasteiger partial charge in [-0.2, -0.15) is 0 Å². The highest BCUT2D eigenvalue weighted by Gasteiger charge is 2.22. The maximum atomic E-state index is 12.1. The van der Waals surface area contributed by atoms with Crippen molar-refractivity contribution in [1.29, 1.82) is 0 Å². The Hall–Kier alpha value is -0.870. The second kappa shape index (κ2) is 6.90. The molecule has 0 bridgehead atoms. The molecular formula is C14H21BrN2O. The van der Waals surface area contributed by atoms with Crippen LogP contribution in [0.5, 0.6) is 0 Å². The summed E-state index contributed by atoms with van der Waals surface area (Å²) >= 11 is 3.48. The molecule has 0 aromatic heterocycles. The molecule has 1 unspecified atom stereocenters. The topological polar surface area (TPSA) is 46.3 Å². The summed E-state index contributed by atoms with van der Waals surface area (Å²) < 4.78 is 1.02. The molecule has 0 radical (unpaired) electrons. The number of nitrogens with two attached hydrogens (primary N) is 1. The summed E-state index contributed by atoms with van der Waals surface area (Å²) in [4.78, 5) is 13.8. The van der Waals surface area contributed by atoms with Gasteiger partial charge in [0.1, 0.15) is 0 Å². The van der Waals surface area contributed by atoms with Crippen molar-refractivity contribution in [2.75, 3.05) is 7.05 Å². The average Bonchev–Trinajstić information content (AvgIpc) is 2.38. The molecule has 100 valence electrons. The number of carbonyl (C=O) groups excluding carboxylic acids is 1. The largest absolute Gasteiger partial charge is 0.340 e. The van der Waals surface area contributed by atoms with E-state index in [1.807, 2.05) is 38.1 Å². The number of nitrogens with zero attached hydrogens (tertiary/aromatic N) is 1. The minimum atomic E-state index is -0.414. The maximum absolute atomic E-state index is 12.1. The average molecular weight is 313 g/mol. The predicted molar refractivity (Wildman–Crippen MR) is 78.0 cm³/mol. The molecule has 3 nitrogen and oxygen atoms in total. The summed E-state index contributed by atoms with van der Waals surface area (Å²) in [6.45, 7) is 4.63. The lowest BCUT2D eigenvalue weighted by Crippen LogP contribution is -2.45. The van der Waals surface area contributed by atoms with Crippen molar-refractivity contribution in [3.63, 3.8) is 0 Å². The van der Waals surface area contributed by atoms with Crippen LogP contribution in [0, 0.1) is 5.92 Å². The molecule has 0 fully saturated rings. The van der Waals surface area contributed by atoms with E-state index < -0.39 is 6.04 Å². The number of carbonyl (C=O) groups is 1. The maximum Gasteiger partial charge on any atom is 0.239 e. The summed E-state index contributed by atoms with van der Waals surface area (Å²) in [7, 11) is 1.80. The van der Waals surface area contributed by atoms with Gasteiger partial charge in [0.2, 0.25) is 5.91 Å². The van der Waals surface area contributed by atoms with Crippen LogP contribution in [0.1, 0.15) is 25.8 Å². The quantitative estimate of drug-likeness (QED) is 0.908. The Bertz CT molecular complexity index is 409. The molecule has 0 aliphatic carbocycles. The summed E-state index contributed by atoms with van der Waals surface area (Å²) in [6, 6.07) is 7.49. The Morgan fingerprint density at radius 1 is 1.44 bits per heavy atom. The first-order valence-electron chi connectivity index (χ1n) is 6.21. The van der Waals surface area contributed by atoms with E-state index in [4.69, 9.17) is 5.73 Å². The van der Waals surface area contributed by atoms with Crippen LogP contribution >= 0.6 is 15.9 Å². The molecule has 1 amide bonds. The summed E-state index contributed by atoms with van der Waals surface area (Å²) in [6.07, 6.45) is 0.912. The van der Waals surface area contributed by atoms with Crippen molar-refractivity contribution >= 4 is 21.8 Å². The molecule has 2 N–H and O–H groups in total. The summed E-state index contributed by atoms with van der Waals surface area (Å²) in [5, 5.41) is 0. The van der Waals surface area contributed by atoms with E-state index in [0.29, 0.717) is 6.54 Å². The highest BCUT2D eigenvalue weighted by atomic mass is 79.9. The number of halogens is 1. The molecule has 0 aliphatic heterocycles. The molecule has 1 rings (SSSR count). The van der Waals surface area contributed by atoms with Crippen LogP contribution in [0.15, 0.2) is 28.7 Å². The van der Waals surface area contributed by atoms with Crippen molar-refractivity contribution in [2.24, 2.45) is 11.7 Å². The first-order valence-corrected chi connectivity index (χ1v) is 7.00. The monoisotopic (exact) mass is 312 g/mol. The molecule has 2 atom stereocenters. The van der Waals surface area contributed by atoms with Crippen LogP contribution in [0.25, 0.3) is 0 Å². The van der Waals surface area contributed by atoms with Crippen LogP contribution in [-0.2, 0) is 11.3 Å². The van der Waals surface area contributed by atoms with Gasteiger partial charge in [0.05, 0.1) is 6.04 Å². The van der Waals surface area contributed by atoms with Gasteiger partial charge < -0.3 is 10.6 Å². The van der Waals surface area contributed by atoms with Crippen molar-refractivity contribution in [3.8, 4) is 0 Å². The van der Waals surface area contributed by atoms with Crippen LogP contribution in [0.4, 0.5) is 0 Å². The Morgan fingerprint density at radius 3 is 2.61 bits per heavy atom. The second-order valence-corrected chi connectivity index (χ2v) is 5.55. The fraction of sp³-hybridized carbons (Fsp3) is 0.500. The minimum absolute atomic E-state index is 0.0000954. The Labute approximate surface area is 117 Å². The van der Waals surface area contributed by atoms with Crippen LogP contribution in [-0.4, -0.2) is 23.9 Å². The zero-order valence-electron chi connectivity index (χ0n) is 11.2. The fourth-order valence-electron chi connectivity index (χ4n) is 1.71. The molecular weight excluding hydrogens is 292 g/mol. The van der Waals surface area contributed by atoms with Crippen molar-refractivity contribution < 1.29 is 4.79 Å². The minimum Gasteiger partial charge on any atom is -0.340 e. The lowest BCUT2D eigenvalue weighted by atomic mass is 9.99. The lowest BCUT2D eigenvalue weighted by molar-refractivity contribution is -0.132. The molecule has 0 saturated carbocycles. The summed E-state index contributed by atoms with van der Waals surface area (Å²) in [5.41, 5.74) is 7.05. The second-order valence-electron chi connectivity index (χ2n) is 4.70. The predicted octanol–water partition coefficient (Wildman–Crippen LogP) is 2.78.